The van der Waals surface area contributed by atoms with Gasteiger partial charge in [-0.25, -0.2) is 4.70 Å². The van der Waals surface area contributed by atoms with Crippen LogP contribution in [0.5, 0.6) is 0 Å². The van der Waals surface area contributed by atoms with Gasteiger partial charge < -0.3 is 5.53 Å². The highest BCUT2D eigenvalue weighted by Crippen LogP contribution is 2.38. The molecule has 39 heavy (non-hydrogen) atoms. The lowest BCUT2D eigenvalue weighted by Crippen LogP contribution is -2.03. The molecule has 1 heterocycles. The molecular weight excluding hydrogens is 472 g/mol. The number of hydrogen-bond donors (Lipinski definition) is 0. The molecule has 0 aliphatic carbocycles. The van der Waals surface area contributed by atoms with Crippen molar-refractivity contribution in [2.45, 2.75) is 136 Å². The maximum absolute atomic E-state index is 11.5. The Morgan fingerprint density at radius 2 is 1.08 bits per heavy atom. The van der Waals surface area contributed by atoms with Crippen molar-refractivity contribution in [3.63, 3.8) is 0 Å². The minimum atomic E-state index is 0.916. The zero-order chi connectivity index (χ0) is 27.7. The highest BCUT2D eigenvalue weighted by Gasteiger charge is 2.28. The SMILES string of the molecule is CCCCCCCCC1=C(c2ccc(CCCCCCCC)cc2)[N+](=[N-])C(c2cccc(CCCCC)c2)=C1. The third kappa shape index (κ3) is 10.2. The lowest BCUT2D eigenvalue weighted by atomic mass is 9.99. The van der Waals surface area contributed by atoms with Crippen LogP contribution in [0.4, 0.5) is 0 Å². The minimum absolute atomic E-state index is 0.916. The van der Waals surface area contributed by atoms with Crippen molar-refractivity contribution in [2.75, 3.05) is 0 Å². The molecule has 1 aliphatic rings. The van der Waals surface area contributed by atoms with Gasteiger partial charge in [0.2, 0.25) is 11.4 Å². The third-order valence-electron chi connectivity index (χ3n) is 8.19. The van der Waals surface area contributed by atoms with Gasteiger partial charge >= 0.3 is 0 Å². The molecule has 0 radical (unpaired) electrons. The standard InChI is InChI=1S/C37H54N2/c1-4-7-10-12-14-17-20-31-25-27-33(28-26-31)37-35(23-18-15-13-11-8-5-2)30-36(39(37)38)34-24-19-22-32(29-34)21-16-9-6-3/h19,22,24-30H,4-18,20-21,23H2,1-3H3. The van der Waals surface area contributed by atoms with Gasteiger partial charge in [-0.05, 0) is 73.9 Å². The molecular formula is C37H54N2. The lowest BCUT2D eigenvalue weighted by Gasteiger charge is -2.11. The summed E-state index contributed by atoms with van der Waals surface area (Å²) in [5, 5.41) is 0. The van der Waals surface area contributed by atoms with E-state index in [9.17, 15) is 5.53 Å². The van der Waals surface area contributed by atoms with E-state index in [0.29, 0.717) is 0 Å². The molecule has 0 aromatic heterocycles. The van der Waals surface area contributed by atoms with Gasteiger partial charge in [0.1, 0.15) is 0 Å². The molecule has 3 rings (SSSR count). The summed E-state index contributed by atoms with van der Waals surface area (Å²) >= 11 is 0. The topological polar surface area (TPSA) is 25.3 Å². The Bertz CT molecular complexity index is 1060. The Morgan fingerprint density at radius 3 is 1.74 bits per heavy atom. The predicted octanol–water partition coefficient (Wildman–Crippen LogP) is 11.9. The van der Waals surface area contributed by atoms with Crippen LogP contribution >= 0.6 is 0 Å². The van der Waals surface area contributed by atoms with Crippen LogP contribution < -0.4 is 0 Å². The average molecular weight is 527 g/mol. The Labute approximate surface area is 240 Å². The largest absolute Gasteiger partial charge is 0.493 e. The molecule has 0 spiro atoms. The van der Waals surface area contributed by atoms with Crippen LogP contribution in [0.15, 0.2) is 60.2 Å². The molecule has 0 bridgehead atoms. The fraction of sp³-hybridized carbons (Fsp3) is 0.568. The third-order valence-corrected chi connectivity index (χ3v) is 8.19. The number of hydrogen-bond acceptors (Lipinski definition) is 0. The van der Waals surface area contributed by atoms with Gasteiger partial charge in [0.05, 0.1) is 0 Å². The summed E-state index contributed by atoms with van der Waals surface area (Å²) in [6.45, 7) is 6.80. The first kappa shape index (κ1) is 31.1. The molecule has 0 atom stereocenters. The van der Waals surface area contributed by atoms with Crippen LogP contribution in [0.3, 0.4) is 0 Å². The Hall–Kier alpha value is -2.48. The first-order chi connectivity index (χ1) is 19.2. The summed E-state index contributed by atoms with van der Waals surface area (Å²) in [5.41, 5.74) is 19.7. The quantitative estimate of drug-likeness (QED) is 0.121. The van der Waals surface area contributed by atoms with E-state index in [2.05, 4.69) is 75.4 Å². The van der Waals surface area contributed by atoms with Crippen LogP contribution in [-0.4, -0.2) is 4.70 Å². The lowest BCUT2D eigenvalue weighted by molar-refractivity contribution is -0.344. The molecule has 0 unspecified atom stereocenters. The van der Waals surface area contributed by atoms with Gasteiger partial charge in [0.25, 0.3) is 0 Å². The first-order valence-electron chi connectivity index (χ1n) is 16.3. The van der Waals surface area contributed by atoms with Crippen molar-refractivity contribution in [3.8, 4) is 0 Å². The number of rotatable bonds is 20. The van der Waals surface area contributed by atoms with E-state index >= 15 is 0 Å². The smallest absolute Gasteiger partial charge is 0.210 e. The predicted molar refractivity (Wildman–Crippen MR) is 170 cm³/mol. The van der Waals surface area contributed by atoms with Crippen molar-refractivity contribution in [2.24, 2.45) is 0 Å². The summed E-state index contributed by atoms with van der Waals surface area (Å²) in [6.07, 6.45) is 24.9. The van der Waals surface area contributed by atoms with Crippen molar-refractivity contribution >= 4 is 11.4 Å². The number of allylic oxidation sites excluding steroid dienone is 2. The molecule has 2 nitrogen and oxygen atoms in total. The second kappa shape index (κ2) is 18.0. The zero-order valence-electron chi connectivity index (χ0n) is 25.3. The molecule has 212 valence electrons. The van der Waals surface area contributed by atoms with E-state index < -0.39 is 0 Å². The summed E-state index contributed by atoms with van der Waals surface area (Å²) < 4.78 is 1.47. The van der Waals surface area contributed by atoms with Gasteiger partial charge in [0, 0.05) is 22.8 Å². The van der Waals surface area contributed by atoms with Gasteiger partial charge in [-0.3, -0.25) is 0 Å². The molecule has 0 saturated heterocycles. The summed E-state index contributed by atoms with van der Waals surface area (Å²) in [6, 6.07) is 17.8. The van der Waals surface area contributed by atoms with E-state index in [4.69, 9.17) is 0 Å². The zero-order valence-corrected chi connectivity index (χ0v) is 25.3. The van der Waals surface area contributed by atoms with Crippen LogP contribution in [0, 0.1) is 0 Å². The number of nitrogens with zero attached hydrogens (tertiary/aromatic N) is 2. The second-order valence-corrected chi connectivity index (χ2v) is 11.6. The van der Waals surface area contributed by atoms with Gasteiger partial charge in [-0.2, -0.15) is 0 Å². The van der Waals surface area contributed by atoms with Crippen molar-refractivity contribution in [3.05, 3.63) is 88.0 Å². The van der Waals surface area contributed by atoms with Gasteiger partial charge in [-0.15, -0.1) is 0 Å². The minimum Gasteiger partial charge on any atom is -0.493 e. The van der Waals surface area contributed by atoms with Gasteiger partial charge in [0.15, 0.2) is 0 Å². The van der Waals surface area contributed by atoms with Crippen LogP contribution in [0.2, 0.25) is 0 Å². The van der Waals surface area contributed by atoms with E-state index in [0.717, 1.165) is 41.8 Å². The molecule has 0 N–H and O–H groups in total. The molecule has 2 aromatic rings. The molecule has 2 heteroatoms. The fourth-order valence-corrected chi connectivity index (χ4v) is 5.75. The molecule has 0 saturated carbocycles. The Morgan fingerprint density at radius 1 is 0.538 bits per heavy atom. The first-order valence-corrected chi connectivity index (χ1v) is 16.3. The summed E-state index contributed by atoms with van der Waals surface area (Å²) in [4.78, 5) is 0. The van der Waals surface area contributed by atoms with E-state index in [-0.39, 0.29) is 0 Å². The van der Waals surface area contributed by atoms with E-state index in [1.807, 2.05) is 0 Å². The summed E-state index contributed by atoms with van der Waals surface area (Å²) in [7, 11) is 0. The van der Waals surface area contributed by atoms with Crippen LogP contribution in [0.1, 0.15) is 146 Å². The fourth-order valence-electron chi connectivity index (χ4n) is 5.75. The monoisotopic (exact) mass is 526 g/mol. The highest BCUT2D eigenvalue weighted by atomic mass is 15.2. The van der Waals surface area contributed by atoms with Crippen molar-refractivity contribution in [1.29, 1.82) is 0 Å². The average Bonchev–Trinajstić information content (AvgIpc) is 3.29. The van der Waals surface area contributed by atoms with Crippen molar-refractivity contribution in [1.82, 2.24) is 0 Å². The van der Waals surface area contributed by atoms with Crippen molar-refractivity contribution < 1.29 is 4.70 Å². The molecule has 1 aliphatic heterocycles. The number of unbranched alkanes of at least 4 members (excludes halogenated alkanes) is 12. The molecule has 2 aromatic carbocycles. The second-order valence-electron chi connectivity index (χ2n) is 11.6. The molecule has 0 fully saturated rings. The Balaban J connectivity index is 1.72. The molecule has 0 amide bonds. The highest BCUT2D eigenvalue weighted by molar-refractivity contribution is 5.78. The number of benzene rings is 2. The summed E-state index contributed by atoms with van der Waals surface area (Å²) in [5.74, 6) is 0. The van der Waals surface area contributed by atoms with E-state index in [1.165, 1.54) is 118 Å². The number of aryl methyl sites for hydroxylation is 2. The maximum Gasteiger partial charge on any atom is 0.210 e. The van der Waals surface area contributed by atoms with Crippen LogP contribution in [0.25, 0.3) is 16.9 Å². The maximum atomic E-state index is 11.5. The normalized spacial score (nSPS) is 13.4. The Kier molecular flexibility index (Phi) is 14.3. The van der Waals surface area contributed by atoms with Crippen LogP contribution in [-0.2, 0) is 12.8 Å². The van der Waals surface area contributed by atoms with E-state index in [1.54, 1.807) is 0 Å². The van der Waals surface area contributed by atoms with Gasteiger partial charge in [-0.1, -0.05) is 122 Å².